The molecule has 0 saturated carbocycles. The van der Waals surface area contributed by atoms with Gasteiger partial charge in [-0.1, -0.05) is 0 Å². The highest BCUT2D eigenvalue weighted by molar-refractivity contribution is 5.78. The van der Waals surface area contributed by atoms with E-state index in [1.54, 1.807) is 6.92 Å². The molecule has 1 rings (SSSR count). The molecule has 0 amide bonds. The van der Waals surface area contributed by atoms with E-state index in [2.05, 4.69) is 17.3 Å². The number of nitrogens with one attached hydrogen (secondary N) is 1. The number of ether oxygens (including phenoxy) is 1. The second kappa shape index (κ2) is 7.22. The molecule has 19 heavy (non-hydrogen) atoms. The van der Waals surface area contributed by atoms with Crippen LogP contribution in [0.25, 0.3) is 0 Å². The molecule has 0 aromatic rings. The topological polar surface area (TPSA) is 61.8 Å². The summed E-state index contributed by atoms with van der Waals surface area (Å²) in [6.45, 7) is 8.14. The number of carboxylic acids is 1. The molecule has 5 nitrogen and oxygen atoms in total. The van der Waals surface area contributed by atoms with Crippen molar-refractivity contribution in [2.75, 3.05) is 26.8 Å². The van der Waals surface area contributed by atoms with Crippen LogP contribution >= 0.6 is 0 Å². The third-order valence-electron chi connectivity index (χ3n) is 3.86. The summed E-state index contributed by atoms with van der Waals surface area (Å²) < 4.78 is 5.35. The van der Waals surface area contributed by atoms with Gasteiger partial charge in [0.1, 0.15) is 5.54 Å². The Balaban J connectivity index is 2.48. The van der Waals surface area contributed by atoms with Gasteiger partial charge in [0.2, 0.25) is 0 Å². The molecular formula is C14H28N2O3. The first-order chi connectivity index (χ1) is 8.85. The highest BCUT2D eigenvalue weighted by Gasteiger charge is 2.34. The number of aliphatic carboxylic acids is 1. The summed E-state index contributed by atoms with van der Waals surface area (Å²) in [5, 5.41) is 12.6. The smallest absolute Gasteiger partial charge is 0.323 e. The minimum atomic E-state index is -0.854. The maximum Gasteiger partial charge on any atom is 0.323 e. The summed E-state index contributed by atoms with van der Waals surface area (Å²) in [6.07, 6.45) is 2.68. The number of hydrogen-bond acceptors (Lipinski definition) is 4. The van der Waals surface area contributed by atoms with E-state index in [4.69, 9.17) is 4.74 Å². The molecule has 0 spiro atoms. The normalized spacial score (nSPS) is 20.7. The molecule has 5 heteroatoms. The molecule has 2 N–H and O–H groups in total. The van der Waals surface area contributed by atoms with E-state index < -0.39 is 11.5 Å². The lowest BCUT2D eigenvalue weighted by Gasteiger charge is -2.35. The van der Waals surface area contributed by atoms with Crippen molar-refractivity contribution >= 4 is 5.97 Å². The second-order valence-corrected chi connectivity index (χ2v) is 6.01. The second-order valence-electron chi connectivity index (χ2n) is 6.01. The molecule has 0 bridgehead atoms. The number of carboxylic acid groups (broad SMARTS) is 1. The van der Waals surface area contributed by atoms with E-state index in [9.17, 15) is 9.90 Å². The van der Waals surface area contributed by atoms with Crippen LogP contribution in [0.2, 0.25) is 0 Å². The Labute approximate surface area is 116 Å². The van der Waals surface area contributed by atoms with E-state index in [1.165, 1.54) is 0 Å². The number of hydrogen-bond donors (Lipinski definition) is 2. The van der Waals surface area contributed by atoms with Crippen LogP contribution in [0.1, 0.15) is 40.0 Å². The standard InChI is InChI=1S/C14H28N2O3/c1-11(2)15-14(3,13(17)18)7-8-16(4)12-5-9-19-10-6-12/h11-12,15H,5-10H2,1-4H3,(H,17,18). The van der Waals surface area contributed by atoms with Crippen LogP contribution in [0.4, 0.5) is 0 Å². The molecule has 0 radical (unpaired) electrons. The molecule has 1 unspecified atom stereocenters. The number of rotatable bonds is 7. The van der Waals surface area contributed by atoms with Crippen molar-refractivity contribution in [1.29, 1.82) is 0 Å². The van der Waals surface area contributed by atoms with Crippen molar-refractivity contribution in [3.05, 3.63) is 0 Å². The first-order valence-corrected chi connectivity index (χ1v) is 7.14. The predicted octanol–water partition coefficient (Wildman–Crippen LogP) is 1.33. The third kappa shape index (κ3) is 5.09. The van der Waals surface area contributed by atoms with E-state index in [1.807, 2.05) is 13.8 Å². The van der Waals surface area contributed by atoms with Crippen molar-refractivity contribution in [3.63, 3.8) is 0 Å². The minimum Gasteiger partial charge on any atom is -0.480 e. The first-order valence-electron chi connectivity index (χ1n) is 7.14. The fourth-order valence-corrected chi connectivity index (χ4v) is 2.59. The van der Waals surface area contributed by atoms with E-state index >= 15 is 0 Å². The van der Waals surface area contributed by atoms with Crippen molar-refractivity contribution in [1.82, 2.24) is 10.2 Å². The fourth-order valence-electron chi connectivity index (χ4n) is 2.59. The maximum atomic E-state index is 11.4. The zero-order chi connectivity index (χ0) is 14.5. The summed E-state index contributed by atoms with van der Waals surface area (Å²) in [4.78, 5) is 13.7. The lowest BCUT2D eigenvalue weighted by atomic mass is 9.95. The van der Waals surface area contributed by atoms with Crippen molar-refractivity contribution < 1.29 is 14.6 Å². The number of carbonyl (C=O) groups is 1. The maximum absolute atomic E-state index is 11.4. The van der Waals surface area contributed by atoms with Crippen LogP contribution in [0.15, 0.2) is 0 Å². The molecule has 0 aromatic carbocycles. The number of nitrogens with zero attached hydrogens (tertiary/aromatic N) is 1. The van der Waals surface area contributed by atoms with Crippen LogP contribution in [-0.4, -0.2) is 60.4 Å². The SMILES string of the molecule is CC(C)NC(C)(CCN(C)C1CCOCC1)C(=O)O. The lowest BCUT2D eigenvalue weighted by molar-refractivity contribution is -0.145. The molecule has 1 aliphatic rings. The van der Waals surface area contributed by atoms with Crippen molar-refractivity contribution in [2.24, 2.45) is 0 Å². The van der Waals surface area contributed by atoms with Gasteiger partial charge in [0.25, 0.3) is 0 Å². The Kier molecular flexibility index (Phi) is 6.23. The van der Waals surface area contributed by atoms with Crippen LogP contribution in [-0.2, 0) is 9.53 Å². The van der Waals surface area contributed by atoms with Crippen LogP contribution in [0.3, 0.4) is 0 Å². The average molecular weight is 272 g/mol. The van der Waals surface area contributed by atoms with Gasteiger partial charge in [0, 0.05) is 31.8 Å². The Morgan fingerprint density at radius 1 is 1.47 bits per heavy atom. The Hall–Kier alpha value is -0.650. The molecule has 1 fully saturated rings. The highest BCUT2D eigenvalue weighted by atomic mass is 16.5. The fraction of sp³-hybridized carbons (Fsp3) is 0.929. The lowest BCUT2D eigenvalue weighted by Crippen LogP contribution is -2.54. The Bertz CT molecular complexity index is 290. The van der Waals surface area contributed by atoms with Crippen LogP contribution in [0, 0.1) is 0 Å². The molecular weight excluding hydrogens is 244 g/mol. The third-order valence-corrected chi connectivity index (χ3v) is 3.86. The van der Waals surface area contributed by atoms with Crippen molar-refractivity contribution in [3.8, 4) is 0 Å². The van der Waals surface area contributed by atoms with E-state index in [-0.39, 0.29) is 6.04 Å². The Morgan fingerprint density at radius 2 is 2.05 bits per heavy atom. The van der Waals surface area contributed by atoms with Crippen molar-refractivity contribution in [2.45, 2.75) is 57.7 Å². The largest absolute Gasteiger partial charge is 0.480 e. The molecule has 0 aromatic heterocycles. The van der Waals surface area contributed by atoms with Gasteiger partial charge >= 0.3 is 5.97 Å². The minimum absolute atomic E-state index is 0.162. The monoisotopic (exact) mass is 272 g/mol. The molecule has 1 aliphatic heterocycles. The van der Waals surface area contributed by atoms with Gasteiger partial charge in [-0.3, -0.25) is 10.1 Å². The zero-order valence-electron chi connectivity index (χ0n) is 12.6. The predicted molar refractivity (Wildman–Crippen MR) is 75.4 cm³/mol. The van der Waals surface area contributed by atoms with Gasteiger partial charge in [0.05, 0.1) is 0 Å². The summed E-state index contributed by atoms with van der Waals surface area (Å²) >= 11 is 0. The van der Waals surface area contributed by atoms with Gasteiger partial charge < -0.3 is 14.7 Å². The van der Waals surface area contributed by atoms with E-state index in [0.717, 1.165) is 32.6 Å². The zero-order valence-corrected chi connectivity index (χ0v) is 12.6. The molecule has 1 heterocycles. The summed E-state index contributed by atoms with van der Waals surface area (Å²) in [5.74, 6) is -0.776. The van der Waals surface area contributed by atoms with Crippen LogP contribution in [0.5, 0.6) is 0 Å². The van der Waals surface area contributed by atoms with Gasteiger partial charge in [0.15, 0.2) is 0 Å². The highest BCUT2D eigenvalue weighted by Crippen LogP contribution is 2.17. The summed E-state index contributed by atoms with van der Waals surface area (Å²) in [6, 6.07) is 0.681. The molecule has 112 valence electrons. The van der Waals surface area contributed by atoms with Gasteiger partial charge in [-0.25, -0.2) is 0 Å². The Morgan fingerprint density at radius 3 is 2.53 bits per heavy atom. The van der Waals surface area contributed by atoms with Gasteiger partial charge in [-0.05, 0) is 47.1 Å². The van der Waals surface area contributed by atoms with Gasteiger partial charge in [-0.15, -0.1) is 0 Å². The van der Waals surface area contributed by atoms with Gasteiger partial charge in [-0.2, -0.15) is 0 Å². The first kappa shape index (κ1) is 16.4. The average Bonchev–Trinajstić information content (AvgIpc) is 2.36. The molecule has 1 saturated heterocycles. The summed E-state index contributed by atoms with van der Waals surface area (Å²) in [7, 11) is 2.08. The summed E-state index contributed by atoms with van der Waals surface area (Å²) in [5.41, 5.74) is -0.854. The molecule has 1 atom stereocenters. The van der Waals surface area contributed by atoms with E-state index in [0.29, 0.717) is 12.5 Å². The quantitative estimate of drug-likeness (QED) is 0.732. The van der Waals surface area contributed by atoms with Crippen LogP contribution < -0.4 is 5.32 Å². The molecule has 0 aliphatic carbocycles.